The molecule has 9 heavy (non-hydrogen) atoms. The van der Waals surface area contributed by atoms with Crippen LogP contribution in [0.5, 0.6) is 0 Å². The van der Waals surface area contributed by atoms with Gasteiger partial charge in [0.15, 0.2) is 0 Å². The van der Waals surface area contributed by atoms with E-state index in [1.165, 1.54) is 4.73 Å². The third-order valence-corrected chi connectivity index (χ3v) is 2.87. The number of carbonyl (C=O) groups excluding carboxylic acids is 1. The summed E-state index contributed by atoms with van der Waals surface area (Å²) >= 11 is 1.70. The van der Waals surface area contributed by atoms with Gasteiger partial charge in [-0.25, -0.2) is 3.17 Å². The normalized spacial score (nSPS) is 10.2. The molecular weight excluding hydrogens is 249 g/mol. The highest BCUT2D eigenvalue weighted by molar-refractivity contribution is 14.1. The van der Waals surface area contributed by atoms with E-state index < -0.39 is 0 Å². The molecule has 3 nitrogen and oxygen atoms in total. The highest BCUT2D eigenvalue weighted by atomic mass is 127. The van der Waals surface area contributed by atoms with Gasteiger partial charge >= 0.3 is 0 Å². The van der Waals surface area contributed by atoms with Crippen LogP contribution >= 0.6 is 23.0 Å². The van der Waals surface area contributed by atoms with Crippen LogP contribution in [0.1, 0.15) is 13.8 Å². The molecule has 0 N–H and O–H groups in total. The molecule has 0 aliphatic rings. The van der Waals surface area contributed by atoms with Gasteiger partial charge in [0.25, 0.3) is 0 Å². The monoisotopic (exact) mass is 259 g/mol. The van der Waals surface area contributed by atoms with E-state index in [0.29, 0.717) is 10.4 Å². The molecule has 1 amide bonds. The van der Waals surface area contributed by atoms with Crippen molar-refractivity contribution in [1.82, 2.24) is 4.73 Å². The van der Waals surface area contributed by atoms with Crippen LogP contribution in [0.4, 0.5) is 0 Å². The molecule has 0 saturated heterocycles. The first-order valence-corrected chi connectivity index (χ1v) is 4.43. The highest BCUT2D eigenvalue weighted by Gasteiger charge is 2.11. The summed E-state index contributed by atoms with van der Waals surface area (Å²) in [6.07, 6.45) is 0. The van der Waals surface area contributed by atoms with Gasteiger partial charge in [0.2, 0.25) is 5.91 Å². The van der Waals surface area contributed by atoms with Crippen LogP contribution in [-0.4, -0.2) is 21.0 Å². The minimum absolute atomic E-state index is 0.0391. The minimum atomic E-state index is 0.0391. The molecule has 0 aliphatic heterocycles. The molecule has 0 aromatic carbocycles. The molecule has 0 fully saturated rings. The van der Waals surface area contributed by atoms with Crippen molar-refractivity contribution in [2.24, 2.45) is 5.92 Å². The van der Waals surface area contributed by atoms with Gasteiger partial charge in [-0.2, -0.15) is 0 Å². The van der Waals surface area contributed by atoms with Gasteiger partial charge < -0.3 is 0 Å². The number of hydrogen-bond acceptors (Lipinski definition) is 2. The molecule has 54 valence electrons. The van der Waals surface area contributed by atoms with Crippen molar-refractivity contribution < 1.29 is 7.96 Å². The van der Waals surface area contributed by atoms with Gasteiger partial charge in [0.05, 0.1) is 0 Å². The Labute approximate surface area is 71.9 Å². The van der Waals surface area contributed by atoms with Gasteiger partial charge in [-0.3, -0.25) is 9.52 Å². The quantitative estimate of drug-likeness (QED) is 0.398. The zero-order chi connectivity index (χ0) is 7.44. The molecule has 0 spiro atoms. The molecule has 5 heteroatoms. The maximum absolute atomic E-state index is 10.9. The number of rotatable bonds is 2. The summed E-state index contributed by atoms with van der Waals surface area (Å²) in [5.41, 5.74) is 0. The number of hydroxylamine groups is 1. The smallest absolute Gasteiger partial charge is 0.240 e. The predicted octanol–water partition coefficient (Wildman–Crippen LogP) is 0.0330. The molecule has 0 unspecified atom stereocenters. The first-order chi connectivity index (χ1) is 4.09. The number of hydrogen-bond donors (Lipinski definition) is 0. The Hall–Kier alpha value is 0.377. The summed E-state index contributed by atoms with van der Waals surface area (Å²) in [4.78, 5) is 10.9. The van der Waals surface area contributed by atoms with E-state index in [0.717, 1.165) is 0 Å². The fraction of sp³-hybridized carbons (Fsp3) is 0.750. The van der Waals surface area contributed by atoms with E-state index in [1.807, 2.05) is 13.8 Å². The van der Waals surface area contributed by atoms with E-state index in [-0.39, 0.29) is 11.8 Å². The Bertz CT molecular complexity index is 109. The minimum Gasteiger partial charge on any atom is -0.273 e. The second kappa shape index (κ2) is 4.23. The molecule has 0 heterocycles. The van der Waals surface area contributed by atoms with E-state index in [2.05, 4.69) is 3.17 Å². The maximum atomic E-state index is 10.9. The molecule has 0 aliphatic carbocycles. The second-order valence-corrected chi connectivity index (χ2v) is 3.27. The molecule has 0 atom stereocenters. The van der Waals surface area contributed by atoms with Gasteiger partial charge in [-0.15, -0.1) is 0 Å². The fourth-order valence-corrected chi connectivity index (χ4v) is 1.11. The lowest BCUT2D eigenvalue weighted by Crippen LogP contribution is -2.29. The standard InChI is InChI=1S/C4H10INO2Si/c1-3(2)4(7)6(9)8-5/h3H,1-2,9H3. The average molecular weight is 259 g/mol. The van der Waals surface area contributed by atoms with E-state index in [4.69, 9.17) is 0 Å². The van der Waals surface area contributed by atoms with Gasteiger partial charge in [-0.05, 0) is 0 Å². The Morgan fingerprint density at radius 3 is 2.33 bits per heavy atom. The largest absolute Gasteiger partial charge is 0.273 e. The lowest BCUT2D eigenvalue weighted by Gasteiger charge is -2.14. The van der Waals surface area contributed by atoms with Crippen molar-refractivity contribution >= 4 is 39.3 Å². The summed E-state index contributed by atoms with van der Waals surface area (Å²) in [5.74, 6) is 0.0910. The van der Waals surface area contributed by atoms with Crippen LogP contribution in [0.3, 0.4) is 0 Å². The number of carbonyl (C=O) groups is 1. The van der Waals surface area contributed by atoms with E-state index in [9.17, 15) is 4.79 Å². The summed E-state index contributed by atoms with van der Waals surface area (Å²) in [6, 6.07) is 0. The second-order valence-electron chi connectivity index (χ2n) is 2.06. The molecule has 0 aromatic heterocycles. The Kier molecular flexibility index (Phi) is 4.41. The van der Waals surface area contributed by atoms with Crippen molar-refractivity contribution in [1.29, 1.82) is 0 Å². The predicted molar refractivity (Wildman–Crippen MR) is 46.7 cm³/mol. The maximum Gasteiger partial charge on any atom is 0.240 e. The molecule has 0 saturated carbocycles. The Morgan fingerprint density at radius 2 is 2.22 bits per heavy atom. The summed E-state index contributed by atoms with van der Waals surface area (Å²) < 4.78 is 6.04. The van der Waals surface area contributed by atoms with Crippen LogP contribution in [0.2, 0.25) is 0 Å². The zero-order valence-corrected chi connectivity index (χ0v) is 9.88. The summed E-state index contributed by atoms with van der Waals surface area (Å²) in [6.45, 7) is 3.70. The topological polar surface area (TPSA) is 29.5 Å². The number of halogens is 1. The van der Waals surface area contributed by atoms with Crippen molar-refractivity contribution in [3.05, 3.63) is 0 Å². The SMILES string of the molecule is CC(C)C(=O)N([SiH3])OI. The summed E-state index contributed by atoms with van der Waals surface area (Å²) in [5, 5.41) is 0. The fourth-order valence-electron chi connectivity index (χ4n) is 0.398. The van der Waals surface area contributed by atoms with Gasteiger partial charge in [0, 0.05) is 5.92 Å². The third kappa shape index (κ3) is 3.16. The highest BCUT2D eigenvalue weighted by Crippen LogP contribution is 2.00. The first-order valence-electron chi connectivity index (χ1n) is 2.66. The molecular formula is C4H10INO2Si. The van der Waals surface area contributed by atoms with Crippen LogP contribution in [0.15, 0.2) is 0 Å². The third-order valence-electron chi connectivity index (χ3n) is 0.908. The van der Waals surface area contributed by atoms with Gasteiger partial charge in [0.1, 0.15) is 33.4 Å². The first kappa shape index (κ1) is 9.38. The summed E-state index contributed by atoms with van der Waals surface area (Å²) in [7, 11) is 0.626. The van der Waals surface area contributed by atoms with E-state index >= 15 is 0 Å². The van der Waals surface area contributed by atoms with Crippen LogP contribution in [0.25, 0.3) is 0 Å². The van der Waals surface area contributed by atoms with Crippen LogP contribution < -0.4 is 0 Å². The number of amides is 1. The lowest BCUT2D eigenvalue weighted by molar-refractivity contribution is -0.141. The number of nitrogens with zero attached hydrogens (tertiary/aromatic N) is 1. The average Bonchev–Trinajstić information content (AvgIpc) is 1.84. The lowest BCUT2D eigenvalue weighted by atomic mass is 10.2. The zero-order valence-electron chi connectivity index (χ0n) is 5.72. The molecule has 0 bridgehead atoms. The molecule has 0 rings (SSSR count). The van der Waals surface area contributed by atoms with Crippen molar-refractivity contribution in [3.63, 3.8) is 0 Å². The van der Waals surface area contributed by atoms with Crippen LogP contribution in [-0.2, 0) is 7.96 Å². The molecule has 0 radical (unpaired) electrons. The van der Waals surface area contributed by atoms with Crippen molar-refractivity contribution in [2.75, 3.05) is 0 Å². The Morgan fingerprint density at radius 1 is 1.78 bits per heavy atom. The van der Waals surface area contributed by atoms with E-state index in [1.54, 1.807) is 23.0 Å². The van der Waals surface area contributed by atoms with Crippen LogP contribution in [0, 0.1) is 5.92 Å². The Balaban J connectivity index is 3.73. The van der Waals surface area contributed by atoms with Gasteiger partial charge in [-0.1, -0.05) is 13.8 Å². The molecule has 0 aromatic rings. The van der Waals surface area contributed by atoms with Crippen molar-refractivity contribution in [3.8, 4) is 0 Å². The van der Waals surface area contributed by atoms with Crippen molar-refractivity contribution in [2.45, 2.75) is 13.8 Å².